The van der Waals surface area contributed by atoms with E-state index in [0.717, 1.165) is 16.8 Å². The Hall–Kier alpha value is -3.74. The summed E-state index contributed by atoms with van der Waals surface area (Å²) in [7, 11) is 0. The van der Waals surface area contributed by atoms with Crippen LogP contribution in [0.5, 0.6) is 0 Å². The Bertz CT molecular complexity index is 986. The van der Waals surface area contributed by atoms with Gasteiger partial charge < -0.3 is 16.0 Å². The van der Waals surface area contributed by atoms with Crippen molar-refractivity contribution in [3.8, 4) is 0 Å². The molecule has 0 fully saturated rings. The van der Waals surface area contributed by atoms with Gasteiger partial charge >= 0.3 is 0 Å². The van der Waals surface area contributed by atoms with Gasteiger partial charge in [0.2, 0.25) is 5.91 Å². The van der Waals surface area contributed by atoms with E-state index < -0.39 is 0 Å². The molecule has 0 radical (unpaired) electrons. The molecular weight excluding hydrogens is 354 g/mol. The van der Waals surface area contributed by atoms with Gasteiger partial charge in [-0.3, -0.25) is 9.59 Å². The Kier molecular flexibility index (Phi) is 5.96. The predicted molar refractivity (Wildman–Crippen MR) is 108 cm³/mol. The minimum absolute atomic E-state index is 0.127. The summed E-state index contributed by atoms with van der Waals surface area (Å²) in [5.41, 5.74) is 3.93. The predicted octanol–water partition coefficient (Wildman–Crippen LogP) is 3.42. The van der Waals surface area contributed by atoms with Crippen LogP contribution < -0.4 is 16.0 Å². The van der Waals surface area contributed by atoms with Crippen LogP contribution in [0, 0.1) is 6.92 Å². The average molecular weight is 375 g/mol. The molecule has 0 unspecified atom stereocenters. The van der Waals surface area contributed by atoms with E-state index in [4.69, 9.17) is 0 Å². The van der Waals surface area contributed by atoms with E-state index in [9.17, 15) is 9.59 Å². The van der Waals surface area contributed by atoms with Crippen molar-refractivity contribution in [1.29, 1.82) is 0 Å². The normalized spacial score (nSPS) is 10.2. The largest absolute Gasteiger partial charge is 0.347 e. The van der Waals surface area contributed by atoms with Gasteiger partial charge in [0, 0.05) is 30.9 Å². The number of aryl methyl sites for hydroxylation is 1. The van der Waals surface area contributed by atoms with Crippen LogP contribution in [0.2, 0.25) is 0 Å². The smallest absolute Gasteiger partial charge is 0.270 e. The summed E-state index contributed by atoms with van der Waals surface area (Å²) in [5, 5.41) is 8.68. The van der Waals surface area contributed by atoms with Gasteiger partial charge in [-0.1, -0.05) is 29.8 Å². The maximum Gasteiger partial charge on any atom is 0.270 e. The average Bonchev–Trinajstić information content (AvgIpc) is 2.67. The number of amides is 2. The number of benzene rings is 2. The standard InChI is InChI=1S/C21H21N5O2/c1-14-4-3-5-16(10-14)12-22-21(28)19-11-20(24-13-23-19)26-18-8-6-17(7-9-18)25-15(2)27/h3-11,13H,12H2,1-2H3,(H,22,28)(H,25,27)(H,23,24,26). The number of hydrogen-bond acceptors (Lipinski definition) is 5. The second-order valence-electron chi connectivity index (χ2n) is 6.34. The lowest BCUT2D eigenvalue weighted by Crippen LogP contribution is -2.24. The van der Waals surface area contributed by atoms with Crippen molar-refractivity contribution >= 4 is 29.0 Å². The summed E-state index contributed by atoms with van der Waals surface area (Å²) in [6.07, 6.45) is 1.34. The monoisotopic (exact) mass is 375 g/mol. The minimum atomic E-state index is -0.270. The van der Waals surface area contributed by atoms with Gasteiger partial charge in [0.05, 0.1) is 0 Å². The van der Waals surface area contributed by atoms with Crippen molar-refractivity contribution in [2.45, 2.75) is 20.4 Å². The first-order valence-electron chi connectivity index (χ1n) is 8.80. The summed E-state index contributed by atoms with van der Waals surface area (Å²) in [6.45, 7) is 3.90. The molecule has 0 aliphatic rings. The van der Waals surface area contributed by atoms with Crippen LogP contribution in [0.15, 0.2) is 60.9 Å². The Labute approximate surface area is 163 Å². The summed E-state index contributed by atoms with van der Waals surface area (Å²) < 4.78 is 0. The summed E-state index contributed by atoms with van der Waals surface area (Å²) in [6, 6.07) is 16.7. The van der Waals surface area contributed by atoms with Crippen LogP contribution in [0.3, 0.4) is 0 Å². The quantitative estimate of drug-likeness (QED) is 0.613. The van der Waals surface area contributed by atoms with E-state index in [0.29, 0.717) is 18.1 Å². The number of nitrogens with zero attached hydrogens (tertiary/aromatic N) is 2. The van der Waals surface area contributed by atoms with Crippen LogP contribution in [-0.4, -0.2) is 21.8 Å². The number of aromatic nitrogens is 2. The van der Waals surface area contributed by atoms with Gasteiger partial charge in [0.25, 0.3) is 5.91 Å². The molecule has 3 N–H and O–H groups in total. The van der Waals surface area contributed by atoms with Gasteiger partial charge in [-0.15, -0.1) is 0 Å². The number of carbonyl (C=O) groups is 2. The van der Waals surface area contributed by atoms with Gasteiger partial charge in [-0.05, 0) is 36.8 Å². The highest BCUT2D eigenvalue weighted by Gasteiger charge is 2.09. The van der Waals surface area contributed by atoms with Crippen molar-refractivity contribution in [1.82, 2.24) is 15.3 Å². The van der Waals surface area contributed by atoms with Gasteiger partial charge in [0.15, 0.2) is 0 Å². The van der Waals surface area contributed by atoms with Crippen molar-refractivity contribution in [3.63, 3.8) is 0 Å². The fraction of sp³-hybridized carbons (Fsp3) is 0.143. The molecule has 0 aliphatic carbocycles. The number of anilines is 3. The van der Waals surface area contributed by atoms with E-state index in [1.807, 2.05) is 43.3 Å². The van der Waals surface area contributed by atoms with Crippen LogP contribution >= 0.6 is 0 Å². The Balaban J connectivity index is 1.63. The summed E-state index contributed by atoms with van der Waals surface area (Å²) in [4.78, 5) is 31.6. The maximum absolute atomic E-state index is 12.4. The molecule has 7 nitrogen and oxygen atoms in total. The third-order valence-corrected chi connectivity index (χ3v) is 3.91. The maximum atomic E-state index is 12.4. The van der Waals surface area contributed by atoms with Gasteiger partial charge in [-0.25, -0.2) is 9.97 Å². The summed E-state index contributed by atoms with van der Waals surface area (Å²) in [5.74, 6) is 0.105. The molecule has 0 saturated carbocycles. The Morgan fingerprint density at radius 2 is 1.71 bits per heavy atom. The molecule has 0 spiro atoms. The van der Waals surface area contributed by atoms with Crippen molar-refractivity contribution in [2.75, 3.05) is 10.6 Å². The molecule has 2 aromatic carbocycles. The molecule has 142 valence electrons. The zero-order valence-corrected chi connectivity index (χ0v) is 15.7. The Morgan fingerprint density at radius 3 is 2.43 bits per heavy atom. The van der Waals surface area contributed by atoms with Crippen molar-refractivity contribution in [3.05, 3.63) is 77.7 Å². The third kappa shape index (κ3) is 5.38. The van der Waals surface area contributed by atoms with Crippen molar-refractivity contribution < 1.29 is 9.59 Å². The second kappa shape index (κ2) is 8.77. The molecular formula is C21H21N5O2. The lowest BCUT2D eigenvalue weighted by atomic mass is 10.1. The second-order valence-corrected chi connectivity index (χ2v) is 6.34. The first kappa shape index (κ1) is 19.0. The minimum Gasteiger partial charge on any atom is -0.347 e. The van der Waals surface area contributed by atoms with Crippen LogP contribution in [0.25, 0.3) is 0 Å². The SMILES string of the molecule is CC(=O)Nc1ccc(Nc2cc(C(=O)NCc3cccc(C)c3)ncn2)cc1. The number of nitrogens with one attached hydrogen (secondary N) is 3. The molecule has 28 heavy (non-hydrogen) atoms. The molecule has 1 heterocycles. The molecule has 2 amide bonds. The fourth-order valence-electron chi connectivity index (χ4n) is 2.63. The van der Waals surface area contributed by atoms with Crippen LogP contribution in [0.4, 0.5) is 17.2 Å². The highest BCUT2D eigenvalue weighted by Crippen LogP contribution is 2.18. The number of rotatable bonds is 6. The van der Waals surface area contributed by atoms with E-state index in [1.165, 1.54) is 13.3 Å². The number of carbonyl (C=O) groups excluding carboxylic acids is 2. The molecule has 1 aromatic heterocycles. The zero-order chi connectivity index (χ0) is 19.9. The van der Waals surface area contributed by atoms with E-state index in [-0.39, 0.29) is 17.5 Å². The van der Waals surface area contributed by atoms with E-state index in [1.54, 1.807) is 18.2 Å². The van der Waals surface area contributed by atoms with Crippen LogP contribution in [0.1, 0.15) is 28.5 Å². The lowest BCUT2D eigenvalue weighted by molar-refractivity contribution is -0.114. The topological polar surface area (TPSA) is 96.0 Å². The van der Waals surface area contributed by atoms with Gasteiger partial charge in [-0.2, -0.15) is 0 Å². The fourth-order valence-corrected chi connectivity index (χ4v) is 2.63. The molecule has 3 rings (SSSR count). The molecule has 0 atom stereocenters. The zero-order valence-electron chi connectivity index (χ0n) is 15.7. The molecule has 0 bridgehead atoms. The first-order chi connectivity index (χ1) is 13.5. The molecule has 0 saturated heterocycles. The molecule has 7 heteroatoms. The number of hydrogen-bond donors (Lipinski definition) is 3. The highest BCUT2D eigenvalue weighted by molar-refractivity contribution is 5.93. The first-order valence-corrected chi connectivity index (χ1v) is 8.80. The third-order valence-electron chi connectivity index (χ3n) is 3.91. The summed E-state index contributed by atoms with van der Waals surface area (Å²) >= 11 is 0. The molecule has 3 aromatic rings. The van der Waals surface area contributed by atoms with Crippen LogP contribution in [-0.2, 0) is 11.3 Å². The van der Waals surface area contributed by atoms with Gasteiger partial charge in [0.1, 0.15) is 17.8 Å². The van der Waals surface area contributed by atoms with E-state index >= 15 is 0 Å². The molecule has 0 aliphatic heterocycles. The Morgan fingerprint density at radius 1 is 0.964 bits per heavy atom. The van der Waals surface area contributed by atoms with Crippen molar-refractivity contribution in [2.24, 2.45) is 0 Å². The van der Waals surface area contributed by atoms with E-state index in [2.05, 4.69) is 25.9 Å². The highest BCUT2D eigenvalue weighted by atomic mass is 16.2. The lowest BCUT2D eigenvalue weighted by Gasteiger charge is -2.09.